The third-order valence-electron chi connectivity index (χ3n) is 2.20. The van der Waals surface area contributed by atoms with E-state index in [1.54, 1.807) is 0 Å². The van der Waals surface area contributed by atoms with Crippen LogP contribution in [-0.2, 0) is 12.1 Å². The van der Waals surface area contributed by atoms with Crippen molar-refractivity contribution in [2.24, 2.45) is 0 Å². The van der Waals surface area contributed by atoms with Crippen molar-refractivity contribution in [3.8, 4) is 5.69 Å². The number of hydrogen-bond acceptors (Lipinski definition) is 2. The highest BCUT2D eigenvalue weighted by Crippen LogP contribution is 2.32. The molecule has 0 unspecified atom stereocenters. The van der Waals surface area contributed by atoms with Gasteiger partial charge < -0.3 is 0 Å². The standard InChI is InChI=1S/C10H6Cl2F3N3/c11-4-7-5-18(17-16-7)9-3-6(10(13,14)15)1-2-8(9)12/h1-3,5H,4H2. The first-order valence-electron chi connectivity index (χ1n) is 4.76. The summed E-state index contributed by atoms with van der Waals surface area (Å²) in [5.41, 5.74) is -0.245. The van der Waals surface area contributed by atoms with E-state index in [9.17, 15) is 13.2 Å². The highest BCUT2D eigenvalue weighted by molar-refractivity contribution is 6.32. The number of alkyl halides is 4. The van der Waals surface area contributed by atoms with E-state index in [0.717, 1.165) is 16.8 Å². The Hall–Kier alpha value is -1.27. The molecule has 8 heteroatoms. The normalized spacial score (nSPS) is 11.8. The summed E-state index contributed by atoms with van der Waals surface area (Å²) >= 11 is 11.4. The van der Waals surface area contributed by atoms with Crippen LogP contribution < -0.4 is 0 Å². The summed E-state index contributed by atoms with van der Waals surface area (Å²) < 4.78 is 38.9. The third-order valence-corrected chi connectivity index (χ3v) is 2.79. The molecule has 0 fully saturated rings. The van der Waals surface area contributed by atoms with Crippen molar-refractivity contribution in [3.63, 3.8) is 0 Å². The number of nitrogens with zero attached hydrogens (tertiary/aromatic N) is 3. The lowest BCUT2D eigenvalue weighted by Crippen LogP contribution is -2.06. The molecule has 18 heavy (non-hydrogen) atoms. The van der Waals surface area contributed by atoms with Crippen LogP contribution in [0.4, 0.5) is 13.2 Å². The van der Waals surface area contributed by atoms with Crippen molar-refractivity contribution in [1.29, 1.82) is 0 Å². The van der Waals surface area contributed by atoms with Gasteiger partial charge in [-0.2, -0.15) is 13.2 Å². The Labute approximate surface area is 110 Å². The predicted molar refractivity (Wildman–Crippen MR) is 60.9 cm³/mol. The second kappa shape index (κ2) is 4.78. The van der Waals surface area contributed by atoms with E-state index in [1.165, 1.54) is 12.3 Å². The molecule has 0 spiro atoms. The molecule has 0 radical (unpaired) electrons. The number of halogens is 5. The van der Waals surface area contributed by atoms with Crippen molar-refractivity contribution in [2.45, 2.75) is 12.1 Å². The fourth-order valence-corrected chi connectivity index (χ4v) is 1.67. The Bertz CT molecular complexity index is 566. The van der Waals surface area contributed by atoms with Gasteiger partial charge in [-0.15, -0.1) is 16.7 Å². The Morgan fingerprint density at radius 2 is 2.00 bits per heavy atom. The lowest BCUT2D eigenvalue weighted by molar-refractivity contribution is -0.137. The van der Waals surface area contributed by atoms with Gasteiger partial charge in [0.25, 0.3) is 0 Å². The second-order valence-corrected chi connectivity index (χ2v) is 4.13. The van der Waals surface area contributed by atoms with Crippen LogP contribution in [0.25, 0.3) is 5.69 Å². The van der Waals surface area contributed by atoms with Crippen molar-refractivity contribution in [2.75, 3.05) is 0 Å². The molecule has 0 bridgehead atoms. The maximum Gasteiger partial charge on any atom is 0.416 e. The molecule has 0 saturated carbocycles. The summed E-state index contributed by atoms with van der Waals surface area (Å²) in [6.45, 7) is 0. The number of rotatable bonds is 2. The fraction of sp³-hybridized carbons (Fsp3) is 0.200. The average Bonchev–Trinajstić information content (AvgIpc) is 2.76. The van der Waals surface area contributed by atoms with E-state index in [0.29, 0.717) is 5.69 Å². The summed E-state index contributed by atoms with van der Waals surface area (Å²) in [5.74, 6) is 0.122. The predicted octanol–water partition coefficient (Wildman–Crippen LogP) is 3.68. The quantitative estimate of drug-likeness (QED) is 0.791. The summed E-state index contributed by atoms with van der Waals surface area (Å²) in [6, 6.07) is 2.99. The molecule has 2 rings (SSSR count). The van der Waals surface area contributed by atoms with Crippen LogP contribution in [0, 0.1) is 0 Å². The van der Waals surface area contributed by atoms with Crippen molar-refractivity contribution in [3.05, 3.63) is 40.7 Å². The Morgan fingerprint density at radius 1 is 1.28 bits per heavy atom. The van der Waals surface area contributed by atoms with Crippen molar-refractivity contribution < 1.29 is 13.2 Å². The fourth-order valence-electron chi connectivity index (χ4n) is 1.34. The van der Waals surface area contributed by atoms with Gasteiger partial charge >= 0.3 is 6.18 Å². The zero-order valence-corrected chi connectivity index (χ0v) is 10.3. The van der Waals surface area contributed by atoms with Gasteiger partial charge in [-0.1, -0.05) is 16.8 Å². The molecule has 1 heterocycles. The van der Waals surface area contributed by atoms with Gasteiger partial charge in [0.1, 0.15) is 0 Å². The first kappa shape index (κ1) is 13.2. The Kier molecular flexibility index (Phi) is 3.49. The maximum absolute atomic E-state index is 12.6. The van der Waals surface area contributed by atoms with Crippen LogP contribution in [0.15, 0.2) is 24.4 Å². The summed E-state index contributed by atoms with van der Waals surface area (Å²) in [7, 11) is 0. The van der Waals surface area contributed by atoms with E-state index < -0.39 is 11.7 Å². The van der Waals surface area contributed by atoms with Crippen LogP contribution in [-0.4, -0.2) is 15.0 Å². The number of aromatic nitrogens is 3. The first-order chi connectivity index (χ1) is 8.41. The Balaban J connectivity index is 2.49. The topological polar surface area (TPSA) is 30.7 Å². The van der Waals surface area contributed by atoms with Crippen LogP contribution in [0.5, 0.6) is 0 Å². The SMILES string of the molecule is FC(F)(F)c1ccc(Cl)c(-n2cc(CCl)nn2)c1. The zero-order chi connectivity index (χ0) is 13.3. The van der Waals surface area contributed by atoms with E-state index >= 15 is 0 Å². The Morgan fingerprint density at radius 3 is 2.56 bits per heavy atom. The smallest absolute Gasteiger partial charge is 0.219 e. The molecule has 0 aliphatic heterocycles. The van der Waals surface area contributed by atoms with E-state index in [-0.39, 0.29) is 16.6 Å². The molecule has 1 aromatic heterocycles. The lowest BCUT2D eigenvalue weighted by Gasteiger charge is -2.09. The van der Waals surface area contributed by atoms with Crippen LogP contribution in [0.1, 0.15) is 11.3 Å². The molecule has 96 valence electrons. The van der Waals surface area contributed by atoms with Gasteiger partial charge in [0, 0.05) is 0 Å². The maximum atomic E-state index is 12.6. The first-order valence-corrected chi connectivity index (χ1v) is 5.67. The second-order valence-electron chi connectivity index (χ2n) is 3.45. The molecule has 1 aromatic carbocycles. The molecule has 2 aromatic rings. The van der Waals surface area contributed by atoms with E-state index in [1.807, 2.05) is 0 Å². The highest BCUT2D eigenvalue weighted by atomic mass is 35.5. The molecule has 0 atom stereocenters. The molecule has 0 N–H and O–H groups in total. The minimum atomic E-state index is -4.44. The molecule has 0 saturated heterocycles. The highest BCUT2D eigenvalue weighted by Gasteiger charge is 2.31. The van der Waals surface area contributed by atoms with Crippen LogP contribution in [0.2, 0.25) is 5.02 Å². The van der Waals surface area contributed by atoms with Gasteiger partial charge in [0.15, 0.2) is 0 Å². The van der Waals surface area contributed by atoms with Gasteiger partial charge in [0.05, 0.1) is 34.0 Å². The van der Waals surface area contributed by atoms with E-state index in [4.69, 9.17) is 23.2 Å². The summed E-state index contributed by atoms with van der Waals surface area (Å²) in [5, 5.41) is 7.50. The van der Waals surface area contributed by atoms with Crippen LogP contribution >= 0.6 is 23.2 Å². The summed E-state index contributed by atoms with van der Waals surface area (Å²) in [4.78, 5) is 0. The van der Waals surface area contributed by atoms with Gasteiger partial charge in [-0.3, -0.25) is 0 Å². The van der Waals surface area contributed by atoms with Gasteiger partial charge in [-0.25, -0.2) is 4.68 Å². The number of hydrogen-bond donors (Lipinski definition) is 0. The third kappa shape index (κ3) is 2.59. The van der Waals surface area contributed by atoms with Crippen molar-refractivity contribution in [1.82, 2.24) is 15.0 Å². The van der Waals surface area contributed by atoms with Gasteiger partial charge in [-0.05, 0) is 18.2 Å². The zero-order valence-electron chi connectivity index (χ0n) is 8.75. The van der Waals surface area contributed by atoms with Gasteiger partial charge in [0.2, 0.25) is 0 Å². The molecule has 0 aliphatic rings. The molecular weight excluding hydrogens is 290 g/mol. The minimum Gasteiger partial charge on any atom is -0.219 e. The van der Waals surface area contributed by atoms with Crippen molar-refractivity contribution >= 4 is 23.2 Å². The lowest BCUT2D eigenvalue weighted by atomic mass is 10.2. The molecule has 0 aliphatic carbocycles. The molecule has 0 amide bonds. The number of benzene rings is 1. The monoisotopic (exact) mass is 295 g/mol. The van der Waals surface area contributed by atoms with E-state index in [2.05, 4.69) is 10.3 Å². The molecule has 3 nitrogen and oxygen atoms in total. The largest absolute Gasteiger partial charge is 0.416 e. The summed E-state index contributed by atoms with van der Waals surface area (Å²) in [6.07, 6.45) is -3.01. The minimum absolute atomic E-state index is 0.107. The molecular formula is C10H6Cl2F3N3. The van der Waals surface area contributed by atoms with Crippen LogP contribution in [0.3, 0.4) is 0 Å². The average molecular weight is 296 g/mol.